The molecule has 1 N–H and O–H groups in total. The number of fused-ring (bicyclic) bond motifs is 5. The number of ketones is 2. The Morgan fingerprint density at radius 3 is 2.60 bits per heavy atom. The first-order valence-electron chi connectivity index (χ1n) is 14.0. The normalized spacial score (nSPS) is 40.4. The van der Waals surface area contributed by atoms with E-state index >= 15 is 0 Å². The number of carbonyl (C=O) groups excluding carboxylic acids is 3. The largest absolute Gasteiger partial charge is 0.348 e. The predicted molar refractivity (Wildman–Crippen MR) is 140 cm³/mol. The first-order chi connectivity index (χ1) is 16.7. The van der Waals surface area contributed by atoms with Crippen molar-refractivity contribution in [1.82, 2.24) is 5.32 Å². The molecule has 0 saturated heterocycles. The van der Waals surface area contributed by atoms with Crippen LogP contribution in [0, 0.1) is 46.3 Å². The smallest absolute Gasteiger partial charge is 0.220 e. The van der Waals surface area contributed by atoms with Crippen molar-refractivity contribution in [3.8, 4) is 0 Å². The molecule has 0 spiro atoms. The molecule has 1 aromatic heterocycles. The van der Waals surface area contributed by atoms with E-state index in [0.29, 0.717) is 60.9 Å². The van der Waals surface area contributed by atoms with E-state index in [-0.39, 0.29) is 34.6 Å². The molecule has 0 aliphatic heterocycles. The standard InChI is InChI=1S/C30H43NO3S/c1-5-24(26-7-6-14-35-26)31-27(34)15-18(2)21-8-9-22-28-23(11-13-30(21,22)4)29(3)12-10-20(32)16-19(29)17-25(28)33/h6-7,14,18-19,21-24,28H,5,8-13,15-17H2,1-4H3,(H,31,34)/t18-,19+,21-,22+,23+,24+,28+,29+,30-/m1/s1. The second kappa shape index (κ2) is 9.43. The minimum Gasteiger partial charge on any atom is -0.348 e. The van der Waals surface area contributed by atoms with Gasteiger partial charge in [-0.2, -0.15) is 0 Å². The number of nitrogens with one attached hydrogen (secondary N) is 1. The average Bonchev–Trinajstić information content (AvgIpc) is 3.46. The van der Waals surface area contributed by atoms with Crippen molar-refractivity contribution in [2.75, 3.05) is 0 Å². The number of rotatable bonds is 6. The fraction of sp³-hybridized carbons (Fsp3) is 0.767. The Hall–Kier alpha value is -1.49. The summed E-state index contributed by atoms with van der Waals surface area (Å²) in [6, 6.07) is 4.26. The van der Waals surface area contributed by atoms with Crippen molar-refractivity contribution in [2.45, 2.75) is 97.9 Å². The van der Waals surface area contributed by atoms with Crippen molar-refractivity contribution in [2.24, 2.45) is 46.3 Å². The van der Waals surface area contributed by atoms with Crippen LogP contribution in [0.25, 0.3) is 0 Å². The second-order valence-electron chi connectivity index (χ2n) is 12.8. The van der Waals surface area contributed by atoms with Gasteiger partial charge in [0, 0.05) is 36.5 Å². The molecule has 1 heterocycles. The van der Waals surface area contributed by atoms with E-state index in [4.69, 9.17) is 0 Å². The Morgan fingerprint density at radius 1 is 1.11 bits per heavy atom. The first-order valence-corrected chi connectivity index (χ1v) is 14.9. The van der Waals surface area contributed by atoms with Crippen LogP contribution in [0.3, 0.4) is 0 Å². The topological polar surface area (TPSA) is 63.2 Å². The van der Waals surface area contributed by atoms with E-state index in [0.717, 1.165) is 38.5 Å². The fourth-order valence-electron chi connectivity index (χ4n) is 9.25. The molecular formula is C30H43NO3S. The molecule has 0 unspecified atom stereocenters. The van der Waals surface area contributed by atoms with Crippen LogP contribution >= 0.6 is 11.3 Å². The van der Waals surface area contributed by atoms with E-state index < -0.39 is 0 Å². The Kier molecular flexibility index (Phi) is 6.78. The van der Waals surface area contributed by atoms with Gasteiger partial charge in [0.25, 0.3) is 0 Å². The molecule has 192 valence electrons. The van der Waals surface area contributed by atoms with Gasteiger partial charge in [-0.25, -0.2) is 0 Å². The SMILES string of the molecule is CC[C@H](NC(=O)C[C@@H](C)[C@H]1CC[C@H]2[C@@H]3C(=O)C[C@@H]4CC(=O)CC[C@]4(C)[C@H]3CC[C@]12C)c1cccs1. The minimum atomic E-state index is 0.105. The third kappa shape index (κ3) is 4.24. The lowest BCUT2D eigenvalue weighted by Crippen LogP contribution is -2.57. The monoisotopic (exact) mass is 497 g/mol. The summed E-state index contributed by atoms with van der Waals surface area (Å²) in [4.78, 5) is 40.0. The molecule has 9 atom stereocenters. The highest BCUT2D eigenvalue weighted by atomic mass is 32.1. The van der Waals surface area contributed by atoms with Crippen LogP contribution in [0.2, 0.25) is 0 Å². The number of thiophene rings is 1. The fourth-order valence-corrected chi connectivity index (χ4v) is 10.1. The van der Waals surface area contributed by atoms with Gasteiger partial charge in [0.1, 0.15) is 11.6 Å². The molecule has 4 nitrogen and oxygen atoms in total. The van der Waals surface area contributed by atoms with Gasteiger partial charge in [-0.05, 0) is 90.4 Å². The van der Waals surface area contributed by atoms with Crippen molar-refractivity contribution < 1.29 is 14.4 Å². The Morgan fingerprint density at radius 2 is 1.89 bits per heavy atom. The number of carbonyl (C=O) groups is 3. The maximum atomic E-state index is 13.6. The summed E-state index contributed by atoms with van der Waals surface area (Å²) in [6.07, 6.45) is 8.88. The van der Waals surface area contributed by atoms with Gasteiger partial charge < -0.3 is 5.32 Å². The van der Waals surface area contributed by atoms with Gasteiger partial charge >= 0.3 is 0 Å². The summed E-state index contributed by atoms with van der Waals surface area (Å²) >= 11 is 1.71. The van der Waals surface area contributed by atoms with Crippen LogP contribution in [-0.4, -0.2) is 17.5 Å². The Bertz CT molecular complexity index is 972. The zero-order chi connectivity index (χ0) is 25.0. The number of hydrogen-bond donors (Lipinski definition) is 1. The molecule has 0 aromatic carbocycles. The molecular weight excluding hydrogens is 454 g/mol. The molecule has 5 rings (SSSR count). The highest BCUT2D eigenvalue weighted by Crippen LogP contribution is 2.67. The third-order valence-electron chi connectivity index (χ3n) is 11.2. The van der Waals surface area contributed by atoms with E-state index in [1.807, 2.05) is 6.07 Å². The quantitative estimate of drug-likeness (QED) is 0.473. The van der Waals surface area contributed by atoms with Gasteiger partial charge in [-0.15, -0.1) is 11.3 Å². The Balaban J connectivity index is 1.28. The third-order valence-corrected chi connectivity index (χ3v) is 12.2. The molecule has 1 amide bonds. The van der Waals surface area contributed by atoms with E-state index in [1.54, 1.807) is 11.3 Å². The average molecular weight is 498 g/mol. The minimum absolute atomic E-state index is 0.105. The summed E-state index contributed by atoms with van der Waals surface area (Å²) in [5, 5.41) is 5.36. The Labute approximate surface area is 215 Å². The molecule has 4 aliphatic carbocycles. The number of amides is 1. The van der Waals surface area contributed by atoms with Gasteiger partial charge in [-0.3, -0.25) is 14.4 Å². The van der Waals surface area contributed by atoms with Crippen LogP contribution in [-0.2, 0) is 14.4 Å². The molecule has 4 aliphatic rings. The van der Waals surface area contributed by atoms with Crippen molar-refractivity contribution >= 4 is 28.8 Å². The molecule has 1 aromatic rings. The van der Waals surface area contributed by atoms with Crippen LogP contribution in [0.4, 0.5) is 0 Å². The molecule has 0 bridgehead atoms. The van der Waals surface area contributed by atoms with Crippen LogP contribution in [0.5, 0.6) is 0 Å². The molecule has 4 saturated carbocycles. The van der Waals surface area contributed by atoms with Gasteiger partial charge in [0.05, 0.1) is 6.04 Å². The maximum Gasteiger partial charge on any atom is 0.220 e. The van der Waals surface area contributed by atoms with Gasteiger partial charge in [-0.1, -0.05) is 33.8 Å². The maximum absolute atomic E-state index is 13.6. The lowest BCUT2D eigenvalue weighted by Gasteiger charge is -2.59. The van der Waals surface area contributed by atoms with Crippen LogP contribution in [0.15, 0.2) is 17.5 Å². The zero-order valence-corrected chi connectivity index (χ0v) is 22.8. The van der Waals surface area contributed by atoms with Crippen molar-refractivity contribution in [1.29, 1.82) is 0 Å². The first kappa shape index (κ1) is 25.2. The van der Waals surface area contributed by atoms with E-state index in [9.17, 15) is 14.4 Å². The highest BCUT2D eigenvalue weighted by Gasteiger charge is 2.63. The summed E-state index contributed by atoms with van der Waals surface area (Å²) in [7, 11) is 0. The number of hydrogen-bond acceptors (Lipinski definition) is 4. The van der Waals surface area contributed by atoms with Gasteiger partial charge in [0.15, 0.2) is 0 Å². The van der Waals surface area contributed by atoms with Crippen molar-refractivity contribution in [3.05, 3.63) is 22.4 Å². The predicted octanol–water partition coefficient (Wildman–Crippen LogP) is 6.75. The lowest BCUT2D eigenvalue weighted by molar-refractivity contribution is -0.159. The summed E-state index contributed by atoms with van der Waals surface area (Å²) in [6.45, 7) is 9.23. The van der Waals surface area contributed by atoms with E-state index in [2.05, 4.69) is 44.5 Å². The van der Waals surface area contributed by atoms with Crippen molar-refractivity contribution in [3.63, 3.8) is 0 Å². The van der Waals surface area contributed by atoms with E-state index in [1.165, 1.54) is 4.88 Å². The zero-order valence-electron chi connectivity index (χ0n) is 22.0. The number of Topliss-reactive ketones (excluding diaryl/α,β-unsaturated/α-hetero) is 2. The lowest BCUT2D eigenvalue weighted by atomic mass is 9.44. The van der Waals surface area contributed by atoms with Crippen LogP contribution in [0.1, 0.15) is 103 Å². The summed E-state index contributed by atoms with van der Waals surface area (Å²) in [5.41, 5.74) is 0.288. The summed E-state index contributed by atoms with van der Waals surface area (Å²) in [5.74, 6) is 3.07. The summed E-state index contributed by atoms with van der Waals surface area (Å²) < 4.78 is 0. The second-order valence-corrected chi connectivity index (χ2v) is 13.8. The van der Waals surface area contributed by atoms with Crippen LogP contribution < -0.4 is 5.32 Å². The molecule has 35 heavy (non-hydrogen) atoms. The highest BCUT2D eigenvalue weighted by molar-refractivity contribution is 7.10. The molecule has 4 fully saturated rings. The molecule has 5 heteroatoms. The van der Waals surface area contributed by atoms with Gasteiger partial charge in [0.2, 0.25) is 5.91 Å². The molecule has 0 radical (unpaired) electrons.